The van der Waals surface area contributed by atoms with Crippen LogP contribution in [0, 0.1) is 61.9 Å². The van der Waals surface area contributed by atoms with Crippen LogP contribution >= 0.6 is 8.60 Å². The molecule has 6 heteroatoms. The Morgan fingerprint density at radius 2 is 1.48 bits per heavy atom. The fourth-order valence-electron chi connectivity index (χ4n) is 1.67. The summed E-state index contributed by atoms with van der Waals surface area (Å²) in [6, 6.07) is 0. The van der Waals surface area contributed by atoms with Crippen LogP contribution in [0.2, 0.25) is 0 Å². The van der Waals surface area contributed by atoms with Gasteiger partial charge < -0.3 is 20.0 Å². The molecule has 5 radical (unpaired) electrons. The fraction of sp³-hybridized carbons (Fsp3) is 0.333. The van der Waals surface area contributed by atoms with Gasteiger partial charge in [-0.1, -0.05) is 37.6 Å². The summed E-state index contributed by atoms with van der Waals surface area (Å²) in [4.78, 5) is 0. The first-order valence-corrected chi connectivity index (χ1v) is 8.95. The van der Waals surface area contributed by atoms with Gasteiger partial charge in [-0.15, -0.1) is 0 Å². The van der Waals surface area contributed by atoms with Crippen molar-refractivity contribution < 1.29 is 35.3 Å². The molecule has 0 aromatic rings. The number of hydrogen-bond donors (Lipinski definition) is 0. The van der Waals surface area contributed by atoms with Gasteiger partial charge in [-0.25, -0.2) is 5.92 Å². The molecule has 0 unspecified atom stereocenters. The van der Waals surface area contributed by atoms with Crippen molar-refractivity contribution >= 4 is 8.60 Å². The monoisotopic (exact) mass is 428 g/mol. The third kappa shape index (κ3) is 18.3. The molecule has 27 heavy (non-hydrogen) atoms. The molecule has 1 saturated carbocycles. The van der Waals surface area contributed by atoms with Crippen LogP contribution in [-0.2, 0) is 35.3 Å². The van der Waals surface area contributed by atoms with Crippen LogP contribution in [0.4, 0.5) is 0 Å². The van der Waals surface area contributed by atoms with Gasteiger partial charge in [-0.05, 0) is 32.1 Å². The van der Waals surface area contributed by atoms with Crippen LogP contribution in [0.15, 0.2) is 24.3 Å². The summed E-state index contributed by atoms with van der Waals surface area (Å²) in [5.74, 6) is 9.91. The molecule has 0 heterocycles. The zero-order valence-corrected chi connectivity index (χ0v) is 18.1. The Morgan fingerprint density at radius 3 is 1.81 bits per heavy atom. The SMILES string of the molecule is COP(OC)OC.[C-]#CC#CCCCC.[C-]#[O+].[CH]1[CH][C]2C=CC=C[C]2[CH]1.[Fe+2]. The van der Waals surface area contributed by atoms with Crippen LogP contribution < -0.4 is 0 Å². The smallest absolute Gasteiger partial charge is 0.0762 e. The quantitative estimate of drug-likeness (QED) is 0.158. The van der Waals surface area contributed by atoms with Gasteiger partial charge in [-0.3, -0.25) is 11.8 Å². The van der Waals surface area contributed by atoms with E-state index >= 15 is 0 Å². The van der Waals surface area contributed by atoms with E-state index in [1.807, 2.05) is 5.92 Å². The molecule has 2 aliphatic carbocycles. The van der Waals surface area contributed by atoms with E-state index in [-0.39, 0.29) is 17.1 Å². The van der Waals surface area contributed by atoms with E-state index in [0.29, 0.717) is 0 Å². The molecule has 145 valence electrons. The standard InChI is InChI=1S/C9H7.C8H9.C3H9O3P.CO.Fe/c1-2-5-9-7-3-6-8(9)4-1;1-3-5-7-8-6-4-2;1-4-7(5-2)6-3;1-2;/h1-7H;3,5,7H2,1H3;1-3H3;;/q;-1;;;+2. The Balaban J connectivity index is -0.000000303. The topological polar surface area (TPSA) is 47.6 Å². The molecular formula is C21H25FeO4P+. The molecule has 4 nitrogen and oxygen atoms in total. The Bertz CT molecular complexity index is 472. The summed E-state index contributed by atoms with van der Waals surface area (Å²) in [5.41, 5.74) is 0. The molecule has 0 aromatic carbocycles. The third-order valence-corrected chi connectivity index (χ3v) is 3.70. The summed E-state index contributed by atoms with van der Waals surface area (Å²) in [6.45, 7) is 6.62. The predicted molar refractivity (Wildman–Crippen MR) is 104 cm³/mol. The first-order valence-electron chi connectivity index (χ1n) is 7.86. The van der Waals surface area contributed by atoms with Crippen molar-refractivity contribution in [3.8, 4) is 17.8 Å². The van der Waals surface area contributed by atoms with E-state index in [4.69, 9.17) is 11.1 Å². The van der Waals surface area contributed by atoms with E-state index in [1.165, 1.54) is 18.3 Å². The predicted octanol–water partition coefficient (Wildman–Crippen LogP) is 4.77. The summed E-state index contributed by atoms with van der Waals surface area (Å²) in [7, 11) is 3.57. The minimum absolute atomic E-state index is 0. The summed E-state index contributed by atoms with van der Waals surface area (Å²) >= 11 is 0. The summed E-state index contributed by atoms with van der Waals surface area (Å²) < 4.78 is 21.5. The molecule has 0 N–H and O–H groups in total. The van der Waals surface area contributed by atoms with Crippen molar-refractivity contribution in [2.45, 2.75) is 26.2 Å². The van der Waals surface area contributed by atoms with Gasteiger partial charge >= 0.3 is 37.0 Å². The van der Waals surface area contributed by atoms with E-state index in [9.17, 15) is 0 Å². The second-order valence-electron chi connectivity index (χ2n) is 4.46. The zero-order valence-electron chi connectivity index (χ0n) is 16.1. The molecule has 0 atom stereocenters. The maximum atomic E-state index is 7.50. The van der Waals surface area contributed by atoms with Crippen LogP contribution in [0.25, 0.3) is 0 Å². The van der Waals surface area contributed by atoms with Gasteiger partial charge in [0.2, 0.25) is 0 Å². The molecule has 0 aliphatic heterocycles. The molecule has 2 aliphatic rings. The zero-order chi connectivity index (χ0) is 20.0. The molecule has 0 saturated heterocycles. The molecule has 0 aromatic heterocycles. The maximum absolute atomic E-state index is 7.50. The molecule has 0 bridgehead atoms. The molecule has 2 rings (SSSR count). The Hall–Kier alpha value is -0.831. The molecule has 0 spiro atoms. The van der Waals surface area contributed by atoms with E-state index in [0.717, 1.165) is 12.8 Å². The Kier molecular flexibility index (Phi) is 28.8. The second-order valence-corrected chi connectivity index (χ2v) is 6.00. The average molecular weight is 428 g/mol. The Labute approximate surface area is 177 Å². The van der Waals surface area contributed by atoms with Crippen molar-refractivity contribution in [3.05, 3.63) is 68.5 Å². The van der Waals surface area contributed by atoms with Gasteiger partial charge in [0, 0.05) is 33.2 Å². The van der Waals surface area contributed by atoms with E-state index < -0.39 is 8.60 Å². The maximum Gasteiger partial charge on any atom is 2.00 e. The van der Waals surface area contributed by atoms with Gasteiger partial charge in [0.1, 0.15) is 0 Å². The minimum Gasteiger partial charge on any atom is -0.0762 e. The first kappa shape index (κ1) is 30.9. The number of hydrogen-bond acceptors (Lipinski definition) is 3. The average Bonchev–Trinajstić information content (AvgIpc) is 3.18. The van der Waals surface area contributed by atoms with Gasteiger partial charge in [-0.2, -0.15) is 0 Å². The first-order chi connectivity index (χ1) is 12.7. The van der Waals surface area contributed by atoms with Gasteiger partial charge in [0.25, 0.3) is 0 Å². The van der Waals surface area contributed by atoms with Gasteiger partial charge in [0.05, 0.1) is 0 Å². The van der Waals surface area contributed by atoms with E-state index in [2.05, 4.69) is 82.6 Å². The van der Waals surface area contributed by atoms with Gasteiger partial charge in [0.15, 0.2) is 0 Å². The van der Waals surface area contributed by atoms with Crippen LogP contribution in [0.5, 0.6) is 0 Å². The fourth-order valence-corrected chi connectivity index (χ4v) is 2.11. The van der Waals surface area contributed by atoms with Crippen molar-refractivity contribution in [3.63, 3.8) is 0 Å². The normalized spacial score (nSPS) is 13.7. The molecule has 1 fully saturated rings. The summed E-state index contributed by atoms with van der Waals surface area (Å²) in [6.07, 6.45) is 24.3. The molecule has 0 amide bonds. The molecular weight excluding hydrogens is 403 g/mol. The third-order valence-electron chi connectivity index (χ3n) is 2.80. The largest absolute Gasteiger partial charge is 2.00 e. The van der Waals surface area contributed by atoms with Crippen molar-refractivity contribution in [1.29, 1.82) is 0 Å². The van der Waals surface area contributed by atoms with Crippen molar-refractivity contribution in [2.24, 2.45) is 0 Å². The Morgan fingerprint density at radius 1 is 1.00 bits per heavy atom. The van der Waals surface area contributed by atoms with Crippen molar-refractivity contribution in [2.75, 3.05) is 21.3 Å². The van der Waals surface area contributed by atoms with Crippen molar-refractivity contribution in [1.82, 2.24) is 0 Å². The van der Waals surface area contributed by atoms with Crippen LogP contribution in [-0.4, -0.2) is 21.3 Å². The van der Waals surface area contributed by atoms with Crippen LogP contribution in [0.1, 0.15) is 26.2 Å². The number of allylic oxidation sites excluding steroid dienone is 4. The van der Waals surface area contributed by atoms with Crippen LogP contribution in [0.3, 0.4) is 0 Å². The number of fused-ring (bicyclic) bond motifs is 1. The minimum atomic E-state index is -1.05. The number of unbranched alkanes of at least 4 members (excludes halogenated alkanes) is 2. The number of rotatable bonds is 5. The van der Waals surface area contributed by atoms with E-state index in [1.54, 1.807) is 21.3 Å². The summed E-state index contributed by atoms with van der Waals surface area (Å²) in [5, 5.41) is 0. The second kappa shape index (κ2) is 25.2.